The highest BCUT2D eigenvalue weighted by atomic mass is 16.5. The Labute approximate surface area is 138 Å². The molecule has 1 N–H and O–H groups in total. The maximum absolute atomic E-state index is 12.0. The number of hydrogen-bond donors (Lipinski definition) is 1. The molecule has 23 heavy (non-hydrogen) atoms. The third-order valence-corrected chi connectivity index (χ3v) is 4.26. The fourth-order valence-electron chi connectivity index (χ4n) is 2.68. The topological polar surface area (TPSA) is 58.6 Å². The van der Waals surface area contributed by atoms with Crippen LogP contribution in [-0.4, -0.2) is 55.0 Å². The molecule has 0 radical (unpaired) electrons. The Kier molecular flexibility index (Phi) is 6.30. The van der Waals surface area contributed by atoms with E-state index in [1.807, 2.05) is 18.2 Å². The Bertz CT molecular complexity index is 522. The van der Waals surface area contributed by atoms with Crippen molar-refractivity contribution in [3.05, 3.63) is 35.9 Å². The number of nitrogens with zero attached hydrogens (tertiary/aromatic N) is 1. The van der Waals surface area contributed by atoms with Gasteiger partial charge in [-0.05, 0) is 13.8 Å². The van der Waals surface area contributed by atoms with E-state index < -0.39 is 0 Å². The zero-order valence-corrected chi connectivity index (χ0v) is 14.0. The minimum Gasteiger partial charge on any atom is -0.379 e. The van der Waals surface area contributed by atoms with Gasteiger partial charge in [0.25, 0.3) is 0 Å². The monoisotopic (exact) mass is 318 g/mol. The first-order valence-electron chi connectivity index (χ1n) is 8.17. The molecule has 5 heteroatoms. The van der Waals surface area contributed by atoms with Gasteiger partial charge in [0.2, 0.25) is 5.91 Å². The van der Waals surface area contributed by atoms with Crippen LogP contribution in [0.3, 0.4) is 0 Å². The Balaban J connectivity index is 1.73. The van der Waals surface area contributed by atoms with E-state index >= 15 is 0 Å². The van der Waals surface area contributed by atoms with Crippen molar-refractivity contribution in [2.24, 2.45) is 0 Å². The lowest BCUT2D eigenvalue weighted by atomic mass is 10.0. The van der Waals surface area contributed by atoms with Gasteiger partial charge in [0, 0.05) is 43.6 Å². The molecule has 1 heterocycles. The maximum atomic E-state index is 12.0. The van der Waals surface area contributed by atoms with Crippen molar-refractivity contribution >= 4 is 11.7 Å². The van der Waals surface area contributed by atoms with Crippen LogP contribution in [0.4, 0.5) is 0 Å². The van der Waals surface area contributed by atoms with Crippen LogP contribution in [0.25, 0.3) is 0 Å². The first-order chi connectivity index (χ1) is 11.0. The van der Waals surface area contributed by atoms with E-state index in [2.05, 4.69) is 24.1 Å². The molecule has 0 aromatic heterocycles. The lowest BCUT2D eigenvalue weighted by Gasteiger charge is -2.40. The van der Waals surface area contributed by atoms with E-state index in [0.717, 1.165) is 26.3 Å². The summed E-state index contributed by atoms with van der Waals surface area (Å²) in [7, 11) is 0. The fraction of sp³-hybridized carbons (Fsp3) is 0.556. The van der Waals surface area contributed by atoms with E-state index in [4.69, 9.17) is 4.74 Å². The molecule has 0 aliphatic carbocycles. The first-order valence-corrected chi connectivity index (χ1v) is 8.17. The van der Waals surface area contributed by atoms with Crippen LogP contribution in [0.5, 0.6) is 0 Å². The van der Waals surface area contributed by atoms with Gasteiger partial charge in [-0.25, -0.2) is 0 Å². The minimum atomic E-state index is -0.108. The Morgan fingerprint density at radius 3 is 2.43 bits per heavy atom. The van der Waals surface area contributed by atoms with Gasteiger partial charge in [-0.3, -0.25) is 14.5 Å². The quantitative estimate of drug-likeness (QED) is 0.780. The molecule has 1 aromatic rings. The number of nitrogens with one attached hydrogen (secondary N) is 1. The van der Waals surface area contributed by atoms with Gasteiger partial charge in [0.05, 0.1) is 13.2 Å². The number of ether oxygens (including phenoxy) is 1. The normalized spacial score (nSPS) is 16.1. The number of carbonyl (C=O) groups excluding carboxylic acids is 2. The molecule has 126 valence electrons. The smallest absolute Gasteiger partial charge is 0.220 e. The molecule has 0 unspecified atom stereocenters. The van der Waals surface area contributed by atoms with Crippen LogP contribution in [0.15, 0.2) is 30.3 Å². The van der Waals surface area contributed by atoms with Crippen molar-refractivity contribution in [1.29, 1.82) is 0 Å². The predicted octanol–water partition coefficient (Wildman–Crippen LogP) is 1.88. The average molecular weight is 318 g/mol. The highest BCUT2D eigenvalue weighted by Crippen LogP contribution is 2.15. The molecule has 0 atom stereocenters. The summed E-state index contributed by atoms with van der Waals surface area (Å²) in [6.45, 7) is 8.06. The third kappa shape index (κ3) is 5.44. The molecule has 1 amide bonds. The molecular weight excluding hydrogens is 292 g/mol. The van der Waals surface area contributed by atoms with E-state index in [1.54, 1.807) is 12.1 Å². The molecule has 1 aliphatic rings. The molecule has 1 aliphatic heterocycles. The van der Waals surface area contributed by atoms with Crippen LogP contribution >= 0.6 is 0 Å². The second-order valence-electron chi connectivity index (χ2n) is 6.48. The third-order valence-electron chi connectivity index (χ3n) is 4.26. The van der Waals surface area contributed by atoms with Crippen molar-refractivity contribution in [3.63, 3.8) is 0 Å². The van der Waals surface area contributed by atoms with Gasteiger partial charge in [-0.15, -0.1) is 0 Å². The molecule has 0 bridgehead atoms. The first kappa shape index (κ1) is 17.6. The zero-order chi connectivity index (χ0) is 16.7. The summed E-state index contributed by atoms with van der Waals surface area (Å²) < 4.78 is 5.36. The van der Waals surface area contributed by atoms with E-state index in [1.165, 1.54) is 0 Å². The van der Waals surface area contributed by atoms with Crippen molar-refractivity contribution in [3.8, 4) is 0 Å². The number of ketones is 1. The molecule has 5 nitrogen and oxygen atoms in total. The van der Waals surface area contributed by atoms with Crippen LogP contribution in [0, 0.1) is 0 Å². The summed E-state index contributed by atoms with van der Waals surface area (Å²) in [5, 5.41) is 2.95. The summed E-state index contributed by atoms with van der Waals surface area (Å²) in [6, 6.07) is 9.09. The predicted molar refractivity (Wildman–Crippen MR) is 89.5 cm³/mol. The Morgan fingerprint density at radius 2 is 1.78 bits per heavy atom. The summed E-state index contributed by atoms with van der Waals surface area (Å²) in [5.41, 5.74) is 0.553. The van der Waals surface area contributed by atoms with Gasteiger partial charge < -0.3 is 10.1 Å². The molecule has 1 saturated heterocycles. The van der Waals surface area contributed by atoms with Crippen molar-refractivity contribution in [1.82, 2.24) is 10.2 Å². The SMILES string of the molecule is CC(C)(CNC(=O)CCC(=O)c1ccccc1)N1CCOCC1. The number of benzene rings is 1. The average Bonchev–Trinajstić information content (AvgIpc) is 2.59. The Hall–Kier alpha value is -1.72. The van der Waals surface area contributed by atoms with Crippen LogP contribution in [0.2, 0.25) is 0 Å². The summed E-state index contributed by atoms with van der Waals surface area (Å²) in [5.74, 6) is -0.0659. The second-order valence-corrected chi connectivity index (χ2v) is 6.48. The second kappa shape index (κ2) is 8.22. The minimum absolute atomic E-state index is 0.00758. The number of hydrogen-bond acceptors (Lipinski definition) is 4. The standard InChI is InChI=1S/C18H26N2O3/c1-18(2,20-10-12-23-13-11-20)14-19-17(22)9-8-16(21)15-6-4-3-5-7-15/h3-7H,8-14H2,1-2H3,(H,19,22). The lowest BCUT2D eigenvalue weighted by Crippen LogP contribution is -2.55. The molecular formula is C18H26N2O3. The van der Waals surface area contributed by atoms with E-state index in [-0.39, 0.29) is 30.1 Å². The highest BCUT2D eigenvalue weighted by Gasteiger charge is 2.28. The van der Waals surface area contributed by atoms with Crippen LogP contribution < -0.4 is 5.32 Å². The van der Waals surface area contributed by atoms with Crippen LogP contribution in [0.1, 0.15) is 37.0 Å². The highest BCUT2D eigenvalue weighted by molar-refractivity contribution is 5.97. The van der Waals surface area contributed by atoms with Gasteiger partial charge in [0.1, 0.15) is 0 Å². The molecule has 0 saturated carbocycles. The van der Waals surface area contributed by atoms with Crippen molar-refractivity contribution in [2.45, 2.75) is 32.2 Å². The summed E-state index contributed by atoms with van der Waals surface area (Å²) in [4.78, 5) is 26.3. The van der Waals surface area contributed by atoms with E-state index in [0.29, 0.717) is 12.1 Å². The molecule has 0 spiro atoms. The number of amides is 1. The summed E-state index contributed by atoms with van der Waals surface area (Å²) >= 11 is 0. The van der Waals surface area contributed by atoms with Gasteiger partial charge in [-0.2, -0.15) is 0 Å². The molecule has 1 fully saturated rings. The number of morpholine rings is 1. The molecule has 2 rings (SSSR count). The van der Waals surface area contributed by atoms with Crippen molar-refractivity contribution < 1.29 is 14.3 Å². The Morgan fingerprint density at radius 1 is 1.13 bits per heavy atom. The van der Waals surface area contributed by atoms with Crippen LogP contribution in [-0.2, 0) is 9.53 Å². The number of carbonyl (C=O) groups is 2. The zero-order valence-electron chi connectivity index (χ0n) is 14.0. The van der Waals surface area contributed by atoms with Gasteiger partial charge in [0.15, 0.2) is 5.78 Å². The van der Waals surface area contributed by atoms with Gasteiger partial charge >= 0.3 is 0 Å². The molecule has 1 aromatic carbocycles. The number of rotatable bonds is 7. The van der Waals surface area contributed by atoms with E-state index in [9.17, 15) is 9.59 Å². The van der Waals surface area contributed by atoms with Gasteiger partial charge in [-0.1, -0.05) is 30.3 Å². The summed E-state index contributed by atoms with van der Waals surface area (Å²) in [6.07, 6.45) is 0.473. The lowest BCUT2D eigenvalue weighted by molar-refractivity contribution is -0.121. The largest absolute Gasteiger partial charge is 0.379 e. The maximum Gasteiger partial charge on any atom is 0.220 e. The fourth-order valence-corrected chi connectivity index (χ4v) is 2.68. The number of Topliss-reactive ketones (excluding diaryl/α,β-unsaturated/α-hetero) is 1. The van der Waals surface area contributed by atoms with Crippen molar-refractivity contribution in [2.75, 3.05) is 32.8 Å².